The highest BCUT2D eigenvalue weighted by Gasteiger charge is 2.47. The van der Waals surface area contributed by atoms with Gasteiger partial charge in [0.05, 0.1) is 19.8 Å². The normalized spacial score (nSPS) is 32.0. The standard InChI is InChI=1S/C29H36O16/c30-11-19-22(36)23(37)25(39)29(43-19)42-18-10-13(2-5-16(18)33)3-6-21(35)45-27-20(12-31)44-28(26(40)24(27)38)41-8-7-14-1-4-15(32)17(34)9-14/h1-6,9-10,19-20,22-34,36-40H,7-8,11-12H2/b6-3+/t19-,20-,22-,23+,24-,25-,26-,27-,28-,29-/m1/s1. The molecular weight excluding hydrogens is 604 g/mol. The van der Waals surface area contributed by atoms with E-state index in [1.54, 1.807) is 6.07 Å². The Morgan fingerprint density at radius 1 is 0.756 bits per heavy atom. The number of esters is 1. The Labute approximate surface area is 256 Å². The van der Waals surface area contributed by atoms with Crippen molar-refractivity contribution in [2.75, 3.05) is 19.8 Å². The smallest absolute Gasteiger partial charge is 0.331 e. The van der Waals surface area contributed by atoms with Crippen molar-refractivity contribution < 1.29 is 79.5 Å². The van der Waals surface area contributed by atoms with Crippen LogP contribution in [0.25, 0.3) is 6.08 Å². The van der Waals surface area contributed by atoms with Crippen molar-refractivity contribution in [3.8, 4) is 23.0 Å². The highest BCUT2D eigenvalue weighted by Crippen LogP contribution is 2.32. The fraction of sp³-hybridized carbons (Fsp3) is 0.483. The molecule has 16 heteroatoms. The lowest BCUT2D eigenvalue weighted by Crippen LogP contribution is -2.60. The number of ether oxygens (including phenoxy) is 5. The first-order chi connectivity index (χ1) is 21.4. The quantitative estimate of drug-likeness (QED) is 0.0697. The minimum Gasteiger partial charge on any atom is -0.504 e. The Morgan fingerprint density at radius 2 is 1.42 bits per heavy atom. The lowest BCUT2D eigenvalue weighted by atomic mass is 9.99. The van der Waals surface area contributed by atoms with Gasteiger partial charge in [-0.15, -0.1) is 0 Å². The lowest BCUT2D eigenvalue weighted by Gasteiger charge is -2.41. The molecule has 2 heterocycles. The number of hydrogen-bond donors (Lipinski definition) is 10. The van der Waals surface area contributed by atoms with Gasteiger partial charge < -0.3 is 74.7 Å². The summed E-state index contributed by atoms with van der Waals surface area (Å²) >= 11 is 0. The number of phenolic OH excluding ortho intramolecular Hbond substituents is 3. The summed E-state index contributed by atoms with van der Waals surface area (Å²) in [6.07, 6.45) is -12.9. The Kier molecular flexibility index (Phi) is 11.6. The van der Waals surface area contributed by atoms with E-state index in [-0.39, 0.29) is 35.8 Å². The largest absolute Gasteiger partial charge is 0.504 e. The van der Waals surface area contributed by atoms with Gasteiger partial charge in [0, 0.05) is 6.08 Å². The number of benzene rings is 2. The van der Waals surface area contributed by atoms with Crippen LogP contribution in [0, 0.1) is 0 Å². The molecule has 0 aromatic heterocycles. The van der Waals surface area contributed by atoms with E-state index in [0.717, 1.165) is 6.08 Å². The molecule has 0 bridgehead atoms. The first-order valence-corrected chi connectivity index (χ1v) is 13.9. The summed E-state index contributed by atoms with van der Waals surface area (Å²) in [7, 11) is 0. The van der Waals surface area contributed by atoms with Crippen LogP contribution in [0.5, 0.6) is 23.0 Å². The molecule has 10 N–H and O–H groups in total. The number of aromatic hydroxyl groups is 3. The third-order valence-electron chi connectivity index (χ3n) is 7.27. The zero-order valence-corrected chi connectivity index (χ0v) is 23.6. The molecule has 2 aliphatic rings. The van der Waals surface area contributed by atoms with Gasteiger partial charge in [0.1, 0.15) is 42.7 Å². The number of aliphatic hydroxyl groups excluding tert-OH is 7. The predicted octanol–water partition coefficient (Wildman–Crippen LogP) is -2.39. The molecular formula is C29H36O16. The van der Waals surface area contributed by atoms with Crippen molar-refractivity contribution in [1.29, 1.82) is 0 Å². The highest BCUT2D eigenvalue weighted by molar-refractivity contribution is 5.87. The Morgan fingerprint density at radius 3 is 2.11 bits per heavy atom. The molecule has 16 nitrogen and oxygen atoms in total. The molecule has 10 atom stereocenters. The number of hydrogen-bond acceptors (Lipinski definition) is 16. The Hall–Kier alpha value is -3.55. The van der Waals surface area contributed by atoms with E-state index in [9.17, 15) is 55.9 Å². The molecule has 0 unspecified atom stereocenters. The van der Waals surface area contributed by atoms with E-state index in [1.807, 2.05) is 0 Å². The van der Waals surface area contributed by atoms with Gasteiger partial charge in [0.15, 0.2) is 35.4 Å². The van der Waals surface area contributed by atoms with E-state index < -0.39 is 86.3 Å². The van der Waals surface area contributed by atoms with E-state index in [0.29, 0.717) is 5.56 Å². The second kappa shape index (κ2) is 15.2. The molecule has 0 radical (unpaired) electrons. The maximum Gasteiger partial charge on any atom is 0.331 e. The van der Waals surface area contributed by atoms with Gasteiger partial charge in [-0.2, -0.15) is 0 Å². The van der Waals surface area contributed by atoms with Crippen molar-refractivity contribution in [1.82, 2.24) is 0 Å². The summed E-state index contributed by atoms with van der Waals surface area (Å²) in [4.78, 5) is 12.6. The summed E-state index contributed by atoms with van der Waals surface area (Å²) in [5.74, 6) is -2.23. The van der Waals surface area contributed by atoms with Crippen LogP contribution in [0.1, 0.15) is 11.1 Å². The van der Waals surface area contributed by atoms with Crippen LogP contribution in [-0.2, 0) is 30.2 Å². The van der Waals surface area contributed by atoms with Gasteiger partial charge in [0.25, 0.3) is 0 Å². The molecule has 45 heavy (non-hydrogen) atoms. The second-order valence-electron chi connectivity index (χ2n) is 10.4. The predicted molar refractivity (Wildman–Crippen MR) is 149 cm³/mol. The molecule has 0 amide bonds. The van der Waals surface area contributed by atoms with Crippen LogP contribution >= 0.6 is 0 Å². The number of rotatable bonds is 11. The number of carbonyl (C=O) groups excluding carboxylic acids is 1. The average Bonchev–Trinajstić information content (AvgIpc) is 3.02. The van der Waals surface area contributed by atoms with Crippen molar-refractivity contribution in [2.45, 2.75) is 67.8 Å². The van der Waals surface area contributed by atoms with E-state index in [4.69, 9.17) is 23.7 Å². The number of phenols is 3. The summed E-state index contributed by atoms with van der Waals surface area (Å²) in [5, 5.41) is 99.6. The first kappa shape index (κ1) is 34.3. The zero-order valence-electron chi connectivity index (χ0n) is 23.6. The molecule has 2 aromatic rings. The number of carbonyl (C=O) groups is 1. The monoisotopic (exact) mass is 640 g/mol. The second-order valence-corrected chi connectivity index (χ2v) is 10.4. The molecule has 0 saturated carbocycles. The molecule has 2 saturated heterocycles. The minimum absolute atomic E-state index is 0.0290. The minimum atomic E-state index is -1.73. The third-order valence-corrected chi connectivity index (χ3v) is 7.27. The highest BCUT2D eigenvalue weighted by atomic mass is 16.7. The molecule has 2 aliphatic heterocycles. The molecule has 2 aromatic carbocycles. The summed E-state index contributed by atoms with van der Waals surface area (Å²) in [6.45, 7) is -1.41. The number of aliphatic hydroxyl groups is 7. The summed E-state index contributed by atoms with van der Waals surface area (Å²) in [5.41, 5.74) is 0.883. The maximum atomic E-state index is 12.6. The van der Waals surface area contributed by atoms with Crippen LogP contribution in [0.2, 0.25) is 0 Å². The molecule has 0 spiro atoms. The van der Waals surface area contributed by atoms with Gasteiger partial charge in [-0.05, 0) is 47.9 Å². The Balaban J connectivity index is 1.34. The zero-order chi connectivity index (χ0) is 32.8. The topological polar surface area (TPSA) is 266 Å². The maximum absolute atomic E-state index is 12.6. The van der Waals surface area contributed by atoms with E-state index in [1.165, 1.54) is 36.4 Å². The summed E-state index contributed by atoms with van der Waals surface area (Å²) in [6, 6.07) is 8.02. The van der Waals surface area contributed by atoms with Crippen LogP contribution in [0.3, 0.4) is 0 Å². The van der Waals surface area contributed by atoms with Crippen molar-refractivity contribution in [2.24, 2.45) is 0 Å². The Bertz CT molecular complexity index is 1320. The molecule has 4 rings (SSSR count). The fourth-order valence-corrected chi connectivity index (χ4v) is 4.71. The fourth-order valence-electron chi connectivity index (χ4n) is 4.71. The summed E-state index contributed by atoms with van der Waals surface area (Å²) < 4.78 is 27.0. The van der Waals surface area contributed by atoms with E-state index >= 15 is 0 Å². The van der Waals surface area contributed by atoms with Crippen LogP contribution in [0.15, 0.2) is 42.5 Å². The van der Waals surface area contributed by atoms with Crippen molar-refractivity contribution in [3.63, 3.8) is 0 Å². The van der Waals surface area contributed by atoms with Crippen molar-refractivity contribution in [3.05, 3.63) is 53.6 Å². The SMILES string of the molecule is O=C(/C=C/c1ccc(O)c(O[C@@H]2O[C@H](CO)[C@@H](O)[C@H](O)[C@H]2O)c1)O[C@H]1[C@H](O)[C@@H](O)[C@H](OCCc2ccc(O)c(O)c2)O[C@@H]1CO. The van der Waals surface area contributed by atoms with Gasteiger partial charge in [-0.3, -0.25) is 0 Å². The van der Waals surface area contributed by atoms with Gasteiger partial charge >= 0.3 is 5.97 Å². The van der Waals surface area contributed by atoms with Crippen LogP contribution in [0.4, 0.5) is 0 Å². The van der Waals surface area contributed by atoms with Gasteiger partial charge in [-0.1, -0.05) is 12.1 Å². The molecule has 248 valence electrons. The molecule has 0 aliphatic carbocycles. The average molecular weight is 641 g/mol. The third kappa shape index (κ3) is 8.19. The lowest BCUT2D eigenvalue weighted by molar-refractivity contribution is -0.302. The van der Waals surface area contributed by atoms with Crippen LogP contribution in [-0.4, -0.2) is 138 Å². The molecule has 2 fully saturated rings. The van der Waals surface area contributed by atoms with Gasteiger partial charge in [-0.25, -0.2) is 4.79 Å². The van der Waals surface area contributed by atoms with Crippen LogP contribution < -0.4 is 4.74 Å². The van der Waals surface area contributed by atoms with Crippen molar-refractivity contribution >= 4 is 12.0 Å². The van der Waals surface area contributed by atoms with E-state index in [2.05, 4.69) is 0 Å². The van der Waals surface area contributed by atoms with Gasteiger partial charge in [0.2, 0.25) is 6.29 Å². The first-order valence-electron chi connectivity index (χ1n) is 13.9.